The number of benzene rings is 1. The summed E-state index contributed by atoms with van der Waals surface area (Å²) < 4.78 is 2.01. The fourth-order valence-corrected chi connectivity index (χ4v) is 2.13. The first-order chi connectivity index (χ1) is 9.47. The number of hydrogen-bond donors (Lipinski definition) is 1. The van der Waals surface area contributed by atoms with E-state index in [1.54, 1.807) is 6.07 Å². The molecule has 4 heteroatoms. The molecule has 2 rings (SSSR count). The maximum atomic E-state index is 12.0. The van der Waals surface area contributed by atoms with Crippen molar-refractivity contribution in [2.24, 2.45) is 0 Å². The molecular formula is C16H19ClN2O. The van der Waals surface area contributed by atoms with Gasteiger partial charge in [-0.05, 0) is 31.2 Å². The van der Waals surface area contributed by atoms with E-state index in [0.717, 1.165) is 16.9 Å². The van der Waals surface area contributed by atoms with Gasteiger partial charge in [-0.3, -0.25) is 4.79 Å². The zero-order valence-corrected chi connectivity index (χ0v) is 12.7. The molecule has 1 aromatic carbocycles. The highest BCUT2D eigenvalue weighted by Gasteiger charge is 2.06. The van der Waals surface area contributed by atoms with Crippen LogP contribution in [0.5, 0.6) is 0 Å². The van der Waals surface area contributed by atoms with Gasteiger partial charge in [-0.1, -0.05) is 25.4 Å². The summed E-state index contributed by atoms with van der Waals surface area (Å²) >= 11 is 5.91. The standard InChI is InChI=1S/C16H19ClN2O/c1-11(2)18-9-13-10-19(12(3)8-16(13)20)15-6-4-14(17)5-7-15/h4-8,10-11,18H,9H2,1-3H3. The molecule has 106 valence electrons. The molecule has 0 bridgehead atoms. The number of hydrogen-bond acceptors (Lipinski definition) is 2. The van der Waals surface area contributed by atoms with Crippen molar-refractivity contribution < 1.29 is 0 Å². The van der Waals surface area contributed by atoms with E-state index in [0.29, 0.717) is 17.6 Å². The normalized spacial score (nSPS) is 11.1. The van der Waals surface area contributed by atoms with Crippen LogP contribution in [0.4, 0.5) is 0 Å². The second-order valence-electron chi connectivity index (χ2n) is 5.19. The zero-order valence-electron chi connectivity index (χ0n) is 12.0. The third kappa shape index (κ3) is 3.50. The van der Waals surface area contributed by atoms with Crippen LogP contribution in [0.25, 0.3) is 5.69 Å². The number of nitrogens with one attached hydrogen (secondary N) is 1. The van der Waals surface area contributed by atoms with E-state index in [9.17, 15) is 4.79 Å². The summed E-state index contributed by atoms with van der Waals surface area (Å²) in [5.74, 6) is 0. The molecule has 1 aromatic heterocycles. The Morgan fingerprint density at radius 2 is 1.90 bits per heavy atom. The Bertz CT molecular complexity index is 645. The smallest absolute Gasteiger partial charge is 0.186 e. The van der Waals surface area contributed by atoms with Crippen LogP contribution in [0.3, 0.4) is 0 Å². The van der Waals surface area contributed by atoms with Crippen LogP contribution >= 0.6 is 11.6 Å². The zero-order chi connectivity index (χ0) is 14.7. The largest absolute Gasteiger partial charge is 0.321 e. The van der Waals surface area contributed by atoms with Crippen molar-refractivity contribution >= 4 is 11.6 Å². The van der Waals surface area contributed by atoms with E-state index in [2.05, 4.69) is 19.2 Å². The van der Waals surface area contributed by atoms with Gasteiger partial charge < -0.3 is 9.88 Å². The van der Waals surface area contributed by atoms with Gasteiger partial charge in [0.2, 0.25) is 0 Å². The fourth-order valence-electron chi connectivity index (χ4n) is 2.00. The minimum atomic E-state index is 0.0702. The van der Waals surface area contributed by atoms with Crippen molar-refractivity contribution in [2.75, 3.05) is 0 Å². The minimum absolute atomic E-state index is 0.0702. The summed E-state index contributed by atoms with van der Waals surface area (Å²) in [6.45, 7) is 6.62. The van der Waals surface area contributed by atoms with Crippen molar-refractivity contribution in [3.63, 3.8) is 0 Å². The van der Waals surface area contributed by atoms with Crippen LogP contribution in [0.15, 0.2) is 41.3 Å². The van der Waals surface area contributed by atoms with Crippen molar-refractivity contribution in [3.05, 3.63) is 63.0 Å². The van der Waals surface area contributed by atoms with Gasteiger partial charge in [0.05, 0.1) is 0 Å². The van der Waals surface area contributed by atoms with Crippen molar-refractivity contribution in [1.29, 1.82) is 0 Å². The molecule has 0 saturated carbocycles. The topological polar surface area (TPSA) is 34.0 Å². The molecule has 0 saturated heterocycles. The van der Waals surface area contributed by atoms with Gasteiger partial charge in [0.15, 0.2) is 5.43 Å². The lowest BCUT2D eigenvalue weighted by molar-refractivity contribution is 0.585. The van der Waals surface area contributed by atoms with E-state index in [1.807, 2.05) is 42.0 Å². The van der Waals surface area contributed by atoms with Gasteiger partial charge in [0, 0.05) is 46.8 Å². The Balaban J connectivity index is 2.40. The van der Waals surface area contributed by atoms with Gasteiger partial charge in [0.1, 0.15) is 0 Å². The number of pyridine rings is 1. The Morgan fingerprint density at radius 1 is 1.25 bits per heavy atom. The summed E-state index contributed by atoms with van der Waals surface area (Å²) in [4.78, 5) is 12.0. The van der Waals surface area contributed by atoms with Gasteiger partial charge in [-0.2, -0.15) is 0 Å². The first kappa shape index (κ1) is 14.8. The molecule has 0 unspecified atom stereocenters. The Labute approximate surface area is 124 Å². The SMILES string of the molecule is Cc1cc(=O)c(CNC(C)C)cn1-c1ccc(Cl)cc1. The number of rotatable bonds is 4. The quantitative estimate of drug-likeness (QED) is 0.937. The molecule has 0 atom stereocenters. The first-order valence-corrected chi connectivity index (χ1v) is 7.06. The second-order valence-corrected chi connectivity index (χ2v) is 5.62. The molecule has 0 fully saturated rings. The molecule has 1 N–H and O–H groups in total. The number of aryl methyl sites for hydroxylation is 1. The Hall–Kier alpha value is -1.58. The molecule has 0 aliphatic heterocycles. The molecule has 0 spiro atoms. The lowest BCUT2D eigenvalue weighted by Crippen LogP contribution is -2.26. The van der Waals surface area contributed by atoms with Crippen LogP contribution in [0, 0.1) is 6.92 Å². The highest BCUT2D eigenvalue weighted by atomic mass is 35.5. The van der Waals surface area contributed by atoms with Crippen LogP contribution in [0.1, 0.15) is 25.1 Å². The third-order valence-corrected chi connectivity index (χ3v) is 3.38. The summed E-state index contributed by atoms with van der Waals surface area (Å²) in [7, 11) is 0. The molecule has 20 heavy (non-hydrogen) atoms. The maximum absolute atomic E-state index is 12.0. The molecule has 0 amide bonds. The number of nitrogens with zero attached hydrogens (tertiary/aromatic N) is 1. The highest BCUT2D eigenvalue weighted by Crippen LogP contribution is 2.15. The van der Waals surface area contributed by atoms with Gasteiger partial charge >= 0.3 is 0 Å². The molecule has 0 aliphatic rings. The average molecular weight is 291 g/mol. The third-order valence-electron chi connectivity index (χ3n) is 3.13. The average Bonchev–Trinajstić information content (AvgIpc) is 2.39. The molecule has 0 aliphatic carbocycles. The van der Waals surface area contributed by atoms with E-state index in [-0.39, 0.29) is 5.43 Å². The molecular weight excluding hydrogens is 272 g/mol. The lowest BCUT2D eigenvalue weighted by Gasteiger charge is -2.14. The fraction of sp³-hybridized carbons (Fsp3) is 0.312. The molecule has 3 nitrogen and oxygen atoms in total. The summed E-state index contributed by atoms with van der Waals surface area (Å²) in [5.41, 5.74) is 2.74. The predicted octanol–water partition coefficient (Wildman–Crippen LogP) is 3.30. The number of halogens is 1. The first-order valence-electron chi connectivity index (χ1n) is 6.69. The van der Waals surface area contributed by atoms with Gasteiger partial charge in [0.25, 0.3) is 0 Å². The van der Waals surface area contributed by atoms with Crippen LogP contribution in [-0.4, -0.2) is 10.6 Å². The minimum Gasteiger partial charge on any atom is -0.321 e. The summed E-state index contributed by atoms with van der Waals surface area (Å²) in [5, 5.41) is 3.98. The summed E-state index contributed by atoms with van der Waals surface area (Å²) in [6.07, 6.45) is 1.90. The Morgan fingerprint density at radius 3 is 2.50 bits per heavy atom. The molecule has 1 heterocycles. The molecule has 0 radical (unpaired) electrons. The van der Waals surface area contributed by atoms with Crippen molar-refractivity contribution in [2.45, 2.75) is 33.4 Å². The van der Waals surface area contributed by atoms with Crippen LogP contribution in [0.2, 0.25) is 5.02 Å². The lowest BCUT2D eigenvalue weighted by atomic mass is 10.2. The van der Waals surface area contributed by atoms with E-state index in [1.165, 1.54) is 0 Å². The highest BCUT2D eigenvalue weighted by molar-refractivity contribution is 6.30. The van der Waals surface area contributed by atoms with E-state index >= 15 is 0 Å². The van der Waals surface area contributed by atoms with Gasteiger partial charge in [-0.15, -0.1) is 0 Å². The summed E-state index contributed by atoms with van der Waals surface area (Å²) in [6, 6.07) is 9.60. The van der Waals surface area contributed by atoms with Crippen LogP contribution in [-0.2, 0) is 6.54 Å². The second kappa shape index (κ2) is 6.25. The van der Waals surface area contributed by atoms with E-state index in [4.69, 9.17) is 11.6 Å². The van der Waals surface area contributed by atoms with E-state index < -0.39 is 0 Å². The predicted molar refractivity (Wildman–Crippen MR) is 83.8 cm³/mol. The van der Waals surface area contributed by atoms with Gasteiger partial charge in [-0.25, -0.2) is 0 Å². The molecule has 2 aromatic rings. The maximum Gasteiger partial charge on any atom is 0.186 e. The van der Waals surface area contributed by atoms with Crippen LogP contribution < -0.4 is 10.7 Å². The Kier molecular flexibility index (Phi) is 4.63. The van der Waals surface area contributed by atoms with Crippen molar-refractivity contribution in [1.82, 2.24) is 9.88 Å². The monoisotopic (exact) mass is 290 g/mol. The van der Waals surface area contributed by atoms with Crippen molar-refractivity contribution in [3.8, 4) is 5.69 Å². The number of aromatic nitrogens is 1.